The summed E-state index contributed by atoms with van der Waals surface area (Å²) in [6.07, 6.45) is -3.15. The maximum absolute atomic E-state index is 13.1. The highest BCUT2D eigenvalue weighted by Crippen LogP contribution is 2.35. The standard InChI is InChI=1S/C19H16ClF3N4O2S/c1-11-15(10-25-18(24)26-11)12-6-7-16(20)17(8-12)30(28,29)27(2)14-5-3-4-13(9-14)19(21,22)23/h3-10H,1-2H3,(H2,24,25,26). The third kappa shape index (κ3) is 4.19. The van der Waals surface area contributed by atoms with Gasteiger partial charge >= 0.3 is 6.18 Å². The average molecular weight is 457 g/mol. The van der Waals surface area contributed by atoms with Crippen LogP contribution < -0.4 is 10.0 Å². The van der Waals surface area contributed by atoms with Crippen molar-refractivity contribution in [2.24, 2.45) is 0 Å². The zero-order chi connectivity index (χ0) is 22.3. The Labute approximate surface area is 176 Å². The Morgan fingerprint density at radius 3 is 2.47 bits per heavy atom. The quantitative estimate of drug-likeness (QED) is 0.623. The molecule has 0 aliphatic carbocycles. The first kappa shape index (κ1) is 21.8. The van der Waals surface area contributed by atoms with E-state index in [-0.39, 0.29) is 21.6 Å². The summed E-state index contributed by atoms with van der Waals surface area (Å²) in [6.45, 7) is 1.69. The number of nitrogens with zero attached hydrogens (tertiary/aromatic N) is 3. The van der Waals surface area contributed by atoms with Gasteiger partial charge in [0.25, 0.3) is 10.0 Å². The minimum absolute atomic E-state index is 0.0716. The number of sulfonamides is 1. The summed E-state index contributed by atoms with van der Waals surface area (Å²) in [4.78, 5) is 7.69. The van der Waals surface area contributed by atoms with Crippen LogP contribution in [0.3, 0.4) is 0 Å². The van der Waals surface area contributed by atoms with Crippen LogP contribution in [0.1, 0.15) is 11.3 Å². The van der Waals surface area contributed by atoms with Gasteiger partial charge in [-0.15, -0.1) is 0 Å². The highest BCUT2D eigenvalue weighted by Gasteiger charge is 2.32. The zero-order valence-electron chi connectivity index (χ0n) is 15.8. The maximum Gasteiger partial charge on any atom is 0.416 e. The second-order valence-corrected chi connectivity index (χ2v) is 8.74. The Kier molecular flexibility index (Phi) is 5.66. The second-order valence-electron chi connectivity index (χ2n) is 6.39. The van der Waals surface area contributed by atoms with Crippen molar-refractivity contribution in [1.82, 2.24) is 9.97 Å². The van der Waals surface area contributed by atoms with Crippen molar-refractivity contribution in [2.45, 2.75) is 18.0 Å². The van der Waals surface area contributed by atoms with E-state index in [2.05, 4.69) is 9.97 Å². The lowest BCUT2D eigenvalue weighted by Crippen LogP contribution is -2.27. The minimum atomic E-state index is -4.61. The van der Waals surface area contributed by atoms with Gasteiger partial charge in [-0.3, -0.25) is 4.31 Å². The van der Waals surface area contributed by atoms with E-state index in [0.717, 1.165) is 29.6 Å². The third-order valence-electron chi connectivity index (χ3n) is 4.42. The lowest BCUT2D eigenvalue weighted by atomic mass is 10.1. The van der Waals surface area contributed by atoms with Crippen molar-refractivity contribution in [3.05, 3.63) is 64.9 Å². The molecule has 2 N–H and O–H groups in total. The Morgan fingerprint density at radius 1 is 1.13 bits per heavy atom. The summed E-state index contributed by atoms with van der Waals surface area (Å²) in [5.41, 5.74) is 5.97. The van der Waals surface area contributed by atoms with Gasteiger partial charge in [0, 0.05) is 18.8 Å². The Hall–Kier alpha value is -2.85. The van der Waals surface area contributed by atoms with Crippen molar-refractivity contribution in [3.8, 4) is 11.1 Å². The lowest BCUT2D eigenvalue weighted by molar-refractivity contribution is -0.137. The number of halogens is 4. The largest absolute Gasteiger partial charge is 0.416 e. The molecule has 3 aromatic rings. The van der Waals surface area contributed by atoms with Crippen molar-refractivity contribution in [1.29, 1.82) is 0 Å². The fourth-order valence-electron chi connectivity index (χ4n) is 2.80. The SMILES string of the molecule is Cc1nc(N)ncc1-c1ccc(Cl)c(S(=O)(=O)N(C)c2cccc(C(F)(F)F)c2)c1. The van der Waals surface area contributed by atoms with E-state index in [1.54, 1.807) is 13.0 Å². The monoisotopic (exact) mass is 456 g/mol. The average Bonchev–Trinajstić information content (AvgIpc) is 2.67. The summed E-state index contributed by atoms with van der Waals surface area (Å²) in [5.74, 6) is 0.0716. The van der Waals surface area contributed by atoms with Crippen molar-refractivity contribution in [2.75, 3.05) is 17.1 Å². The fraction of sp³-hybridized carbons (Fsp3) is 0.158. The summed E-state index contributed by atoms with van der Waals surface area (Å²) in [5, 5.41) is -0.0772. The molecule has 3 rings (SSSR count). The van der Waals surface area contributed by atoms with Gasteiger partial charge < -0.3 is 5.73 Å². The molecule has 6 nitrogen and oxygen atoms in total. The van der Waals surface area contributed by atoms with Gasteiger partial charge in [-0.2, -0.15) is 13.2 Å². The number of hydrogen-bond donors (Lipinski definition) is 1. The Balaban J connectivity index is 2.08. The topological polar surface area (TPSA) is 89.2 Å². The second kappa shape index (κ2) is 7.77. The molecule has 0 aliphatic rings. The fourth-order valence-corrected chi connectivity index (χ4v) is 4.49. The van der Waals surface area contributed by atoms with Crippen LogP contribution in [0.25, 0.3) is 11.1 Å². The first-order valence-electron chi connectivity index (χ1n) is 8.46. The van der Waals surface area contributed by atoms with Gasteiger partial charge in [0.15, 0.2) is 0 Å². The van der Waals surface area contributed by atoms with Gasteiger partial charge in [-0.1, -0.05) is 23.7 Å². The van der Waals surface area contributed by atoms with E-state index in [9.17, 15) is 21.6 Å². The predicted molar refractivity (Wildman–Crippen MR) is 109 cm³/mol. The first-order chi connectivity index (χ1) is 13.9. The highest BCUT2D eigenvalue weighted by molar-refractivity contribution is 7.93. The molecule has 0 aliphatic heterocycles. The van der Waals surface area contributed by atoms with Crippen LogP contribution >= 0.6 is 11.6 Å². The van der Waals surface area contributed by atoms with Crippen LogP contribution in [0.4, 0.5) is 24.8 Å². The molecule has 0 fully saturated rings. The number of benzene rings is 2. The number of alkyl halides is 3. The predicted octanol–water partition coefficient (Wildman–Crippen LogP) is 4.53. The van der Waals surface area contributed by atoms with Crippen LogP contribution in [-0.2, 0) is 16.2 Å². The summed E-state index contributed by atoms with van der Waals surface area (Å²) >= 11 is 6.13. The normalized spacial score (nSPS) is 12.1. The van der Waals surface area contributed by atoms with Gasteiger partial charge in [0.1, 0.15) is 4.90 Å². The van der Waals surface area contributed by atoms with E-state index < -0.39 is 21.8 Å². The smallest absolute Gasteiger partial charge is 0.368 e. The van der Waals surface area contributed by atoms with E-state index >= 15 is 0 Å². The van der Waals surface area contributed by atoms with Crippen molar-refractivity contribution in [3.63, 3.8) is 0 Å². The minimum Gasteiger partial charge on any atom is -0.368 e. The van der Waals surface area contributed by atoms with Crippen LogP contribution in [0.2, 0.25) is 5.02 Å². The third-order valence-corrected chi connectivity index (χ3v) is 6.68. The van der Waals surface area contributed by atoms with Crippen LogP contribution in [-0.4, -0.2) is 25.4 Å². The molecule has 1 heterocycles. The van der Waals surface area contributed by atoms with E-state index in [4.69, 9.17) is 17.3 Å². The molecule has 0 saturated heterocycles. The molecular weight excluding hydrogens is 441 g/mol. The zero-order valence-corrected chi connectivity index (χ0v) is 17.3. The number of anilines is 2. The van der Waals surface area contributed by atoms with E-state index in [1.807, 2.05) is 0 Å². The van der Waals surface area contributed by atoms with E-state index in [0.29, 0.717) is 16.8 Å². The molecule has 0 amide bonds. The van der Waals surface area contributed by atoms with E-state index in [1.165, 1.54) is 24.4 Å². The number of nitrogens with two attached hydrogens (primary N) is 1. The van der Waals surface area contributed by atoms with Crippen LogP contribution in [0.5, 0.6) is 0 Å². The summed E-state index contributed by atoms with van der Waals surface area (Å²) < 4.78 is 66.1. The molecular formula is C19H16ClF3N4O2S. The van der Waals surface area contributed by atoms with Gasteiger partial charge in [-0.05, 0) is 42.8 Å². The molecule has 0 atom stereocenters. The molecule has 0 spiro atoms. The molecule has 0 unspecified atom stereocenters. The van der Waals surface area contributed by atoms with Gasteiger partial charge in [0.2, 0.25) is 5.95 Å². The Bertz CT molecular complexity index is 1220. The lowest BCUT2D eigenvalue weighted by Gasteiger charge is -2.21. The van der Waals surface area contributed by atoms with Gasteiger partial charge in [0.05, 0.1) is 22.0 Å². The van der Waals surface area contributed by atoms with Crippen molar-refractivity contribution >= 4 is 33.3 Å². The summed E-state index contributed by atoms with van der Waals surface area (Å²) in [6, 6.07) is 8.32. The number of hydrogen-bond acceptors (Lipinski definition) is 5. The first-order valence-corrected chi connectivity index (χ1v) is 10.3. The number of aromatic nitrogens is 2. The van der Waals surface area contributed by atoms with Crippen molar-refractivity contribution < 1.29 is 21.6 Å². The number of rotatable bonds is 4. The van der Waals surface area contributed by atoms with Crippen LogP contribution in [0.15, 0.2) is 53.6 Å². The number of nitrogen functional groups attached to an aromatic ring is 1. The maximum atomic E-state index is 13.1. The Morgan fingerprint density at radius 2 is 1.83 bits per heavy atom. The molecule has 11 heteroatoms. The number of aryl methyl sites for hydroxylation is 1. The molecule has 1 aromatic heterocycles. The molecule has 0 radical (unpaired) electrons. The highest BCUT2D eigenvalue weighted by atomic mass is 35.5. The van der Waals surface area contributed by atoms with Crippen LogP contribution in [0, 0.1) is 6.92 Å². The van der Waals surface area contributed by atoms with Gasteiger partial charge in [-0.25, -0.2) is 18.4 Å². The summed E-state index contributed by atoms with van der Waals surface area (Å²) in [7, 11) is -3.11. The molecule has 2 aromatic carbocycles. The molecule has 0 bridgehead atoms. The molecule has 30 heavy (non-hydrogen) atoms. The molecule has 0 saturated carbocycles. The molecule has 158 valence electrons.